The number of piperidine rings is 1. The Morgan fingerprint density at radius 2 is 1.42 bits per heavy atom. The first-order valence-corrected chi connectivity index (χ1v) is 15.5. The number of hydrogen-bond donors (Lipinski definition) is 1. The number of aromatic nitrogens is 2. The summed E-state index contributed by atoms with van der Waals surface area (Å²) in [6.45, 7) is 3.35. The van der Waals surface area contributed by atoms with Crippen LogP contribution in [-0.2, 0) is 22.4 Å². The van der Waals surface area contributed by atoms with Gasteiger partial charge in [-0.3, -0.25) is 9.69 Å². The number of aryl methyl sites for hydroxylation is 1. The zero-order chi connectivity index (χ0) is 31.3. The number of carbonyl (C=O) groups is 2. The quantitative estimate of drug-likeness (QED) is 0.225. The lowest BCUT2D eigenvalue weighted by molar-refractivity contribution is -0.137. The summed E-state index contributed by atoms with van der Waals surface area (Å²) in [4.78, 5) is 35.7. The predicted octanol–water partition coefficient (Wildman–Crippen LogP) is 5.86. The molecule has 6 rings (SSSR count). The minimum Gasteiger partial charge on any atom is -0.446 e. The van der Waals surface area contributed by atoms with Crippen molar-refractivity contribution < 1.29 is 18.8 Å². The summed E-state index contributed by atoms with van der Waals surface area (Å²) < 4.78 is 11.5. The van der Waals surface area contributed by atoms with E-state index in [4.69, 9.17) is 9.26 Å². The number of benzene rings is 4. The van der Waals surface area contributed by atoms with Gasteiger partial charge in [0.25, 0.3) is 0 Å². The molecule has 1 aliphatic heterocycles. The molecule has 0 spiro atoms. The highest BCUT2D eigenvalue weighted by Gasteiger charge is 2.36. The van der Waals surface area contributed by atoms with Gasteiger partial charge in [0.05, 0.1) is 0 Å². The molecule has 1 N–H and O–H groups in total. The number of nitrogens with zero attached hydrogens (tertiary/aromatic N) is 4. The third-order valence-electron chi connectivity index (χ3n) is 8.72. The normalized spacial score (nSPS) is 15.1. The monoisotopic (exact) mass is 605 g/mol. The molecule has 9 heteroatoms. The summed E-state index contributed by atoms with van der Waals surface area (Å²) in [5, 5.41) is 11.8. The molecule has 1 saturated heterocycles. The molecule has 5 aromatic rings. The molecule has 2 atom stereocenters. The molecule has 1 aromatic heterocycles. The van der Waals surface area contributed by atoms with E-state index in [1.54, 1.807) is 25.9 Å². The number of hydrogen-bond acceptors (Lipinski definition) is 7. The molecular formula is C36H39N5O4. The molecule has 232 valence electrons. The Bertz CT molecular complexity index is 1800. The second-order valence-electron chi connectivity index (χ2n) is 11.9. The molecule has 2 amide bonds. The van der Waals surface area contributed by atoms with Gasteiger partial charge in [0.1, 0.15) is 18.2 Å². The highest BCUT2D eigenvalue weighted by atomic mass is 16.6. The first-order valence-electron chi connectivity index (χ1n) is 15.5. The van der Waals surface area contributed by atoms with Crippen LogP contribution in [0.1, 0.15) is 41.7 Å². The van der Waals surface area contributed by atoms with Crippen LogP contribution in [0.4, 0.5) is 4.79 Å². The Labute approximate surface area is 263 Å². The molecule has 9 nitrogen and oxygen atoms in total. The largest absolute Gasteiger partial charge is 0.446 e. The van der Waals surface area contributed by atoms with Crippen molar-refractivity contribution in [2.75, 3.05) is 27.2 Å². The van der Waals surface area contributed by atoms with Gasteiger partial charge in [-0.05, 0) is 65.5 Å². The van der Waals surface area contributed by atoms with E-state index in [0.29, 0.717) is 24.6 Å². The third kappa shape index (κ3) is 6.99. The lowest BCUT2D eigenvalue weighted by Gasteiger charge is -2.34. The van der Waals surface area contributed by atoms with Gasteiger partial charge in [-0.2, -0.15) is 4.98 Å². The second-order valence-corrected chi connectivity index (χ2v) is 11.9. The van der Waals surface area contributed by atoms with Crippen molar-refractivity contribution in [3.63, 3.8) is 0 Å². The molecule has 45 heavy (non-hydrogen) atoms. The van der Waals surface area contributed by atoms with Crippen LogP contribution in [0.2, 0.25) is 0 Å². The fourth-order valence-electron chi connectivity index (χ4n) is 6.06. The third-order valence-corrected chi connectivity index (χ3v) is 8.72. The van der Waals surface area contributed by atoms with Crippen molar-refractivity contribution in [2.45, 2.75) is 50.8 Å². The lowest BCUT2D eigenvalue weighted by atomic mass is 9.98. The molecule has 2 unspecified atom stereocenters. The van der Waals surface area contributed by atoms with Gasteiger partial charge in [-0.1, -0.05) is 90.1 Å². The van der Waals surface area contributed by atoms with E-state index >= 15 is 0 Å². The van der Waals surface area contributed by atoms with Gasteiger partial charge in [0.2, 0.25) is 11.8 Å². The van der Waals surface area contributed by atoms with Crippen LogP contribution >= 0.6 is 0 Å². The standard InChI is InChI=1S/C36H39N5O4/c1-24-38-34(45-39-24)32(22-25-12-14-27-8-4-6-10-29(27)20-25)40(2)35(42)33(41(3)36(43)44-31-16-18-37-19-17-31)23-26-13-15-28-9-5-7-11-30(28)21-26/h4-15,20-21,31-33,37H,16-19,22-23H2,1-3H3. The highest BCUT2D eigenvalue weighted by molar-refractivity contribution is 5.87. The summed E-state index contributed by atoms with van der Waals surface area (Å²) in [6, 6.07) is 27.3. The van der Waals surface area contributed by atoms with Gasteiger partial charge in [-0.25, -0.2) is 4.79 Å². The molecule has 1 fully saturated rings. The molecule has 0 radical (unpaired) electrons. The van der Waals surface area contributed by atoms with Crippen LogP contribution in [-0.4, -0.2) is 71.3 Å². The minimum absolute atomic E-state index is 0.183. The molecule has 1 aliphatic rings. The topological polar surface area (TPSA) is 101 Å². The van der Waals surface area contributed by atoms with Gasteiger partial charge in [0.15, 0.2) is 5.82 Å². The van der Waals surface area contributed by atoms with Gasteiger partial charge >= 0.3 is 6.09 Å². The van der Waals surface area contributed by atoms with Crippen molar-refractivity contribution in [1.82, 2.24) is 25.3 Å². The molecule has 0 aliphatic carbocycles. The van der Waals surface area contributed by atoms with Crippen LogP contribution in [0, 0.1) is 6.92 Å². The van der Waals surface area contributed by atoms with E-state index < -0.39 is 18.2 Å². The molecule has 2 heterocycles. The van der Waals surface area contributed by atoms with Crippen LogP contribution in [0.5, 0.6) is 0 Å². The van der Waals surface area contributed by atoms with E-state index in [1.165, 1.54) is 4.90 Å². The van der Waals surface area contributed by atoms with Gasteiger partial charge in [-0.15, -0.1) is 0 Å². The summed E-state index contributed by atoms with van der Waals surface area (Å²) in [5.41, 5.74) is 1.97. The van der Waals surface area contributed by atoms with Crippen molar-refractivity contribution >= 4 is 33.5 Å². The van der Waals surface area contributed by atoms with Crippen LogP contribution in [0.15, 0.2) is 89.5 Å². The summed E-state index contributed by atoms with van der Waals surface area (Å²) >= 11 is 0. The number of likely N-dealkylation sites (N-methyl/N-ethyl adjacent to an activating group) is 2. The van der Waals surface area contributed by atoms with E-state index in [1.807, 2.05) is 42.5 Å². The zero-order valence-electron chi connectivity index (χ0n) is 26.0. The zero-order valence-corrected chi connectivity index (χ0v) is 26.0. The summed E-state index contributed by atoms with van der Waals surface area (Å²) in [6.07, 6.45) is 1.57. The molecule has 0 saturated carbocycles. The number of nitrogens with one attached hydrogen (secondary N) is 1. The maximum absolute atomic E-state index is 14.6. The van der Waals surface area contributed by atoms with Gasteiger partial charge in [0, 0.05) is 26.9 Å². The fourth-order valence-corrected chi connectivity index (χ4v) is 6.06. The number of amides is 2. The lowest BCUT2D eigenvalue weighted by Crippen LogP contribution is -2.51. The van der Waals surface area contributed by atoms with Gasteiger partial charge < -0.3 is 19.5 Å². The van der Waals surface area contributed by atoms with Crippen LogP contribution in [0.25, 0.3) is 21.5 Å². The second kappa shape index (κ2) is 13.5. The first kappa shape index (κ1) is 30.3. The Morgan fingerprint density at radius 3 is 2.00 bits per heavy atom. The number of carbonyl (C=O) groups excluding carboxylic acids is 2. The minimum atomic E-state index is -0.825. The van der Waals surface area contributed by atoms with Crippen LogP contribution < -0.4 is 5.32 Å². The fraction of sp³-hybridized carbons (Fsp3) is 0.333. The Balaban J connectivity index is 1.31. The average Bonchev–Trinajstić information content (AvgIpc) is 3.51. The Kier molecular flexibility index (Phi) is 9.07. The first-order chi connectivity index (χ1) is 21.9. The molecule has 4 aromatic carbocycles. The summed E-state index contributed by atoms with van der Waals surface area (Å²) in [5.74, 6) is 0.597. The van der Waals surface area contributed by atoms with E-state index in [0.717, 1.165) is 58.6 Å². The average molecular weight is 606 g/mol. The number of rotatable bonds is 9. The maximum Gasteiger partial charge on any atom is 0.410 e. The van der Waals surface area contributed by atoms with E-state index in [-0.39, 0.29) is 12.0 Å². The SMILES string of the molecule is Cc1noc(C(Cc2ccc3ccccc3c2)N(C)C(=O)C(Cc2ccc3ccccc3c2)N(C)C(=O)OC2CCNCC2)n1. The highest BCUT2D eigenvalue weighted by Crippen LogP contribution is 2.28. The number of ether oxygens (including phenoxy) is 1. The van der Waals surface area contributed by atoms with E-state index in [9.17, 15) is 9.59 Å². The number of fused-ring (bicyclic) bond motifs is 2. The van der Waals surface area contributed by atoms with Crippen molar-refractivity contribution in [3.8, 4) is 0 Å². The predicted molar refractivity (Wildman–Crippen MR) is 174 cm³/mol. The van der Waals surface area contributed by atoms with Crippen molar-refractivity contribution in [3.05, 3.63) is 108 Å². The summed E-state index contributed by atoms with van der Waals surface area (Å²) in [7, 11) is 3.39. The maximum atomic E-state index is 14.6. The smallest absolute Gasteiger partial charge is 0.410 e. The molecule has 0 bridgehead atoms. The Morgan fingerprint density at radius 1 is 0.844 bits per heavy atom. The molecular weight excluding hydrogens is 566 g/mol. The Hall–Kier alpha value is -4.76. The van der Waals surface area contributed by atoms with E-state index in [2.05, 4.69) is 57.9 Å². The van der Waals surface area contributed by atoms with Crippen molar-refractivity contribution in [2.24, 2.45) is 0 Å². The van der Waals surface area contributed by atoms with Crippen LogP contribution in [0.3, 0.4) is 0 Å². The van der Waals surface area contributed by atoms with Crippen molar-refractivity contribution in [1.29, 1.82) is 0 Å².